The molecule has 0 aromatic rings. The van der Waals surface area contributed by atoms with Gasteiger partial charge in [-0.05, 0) is 0 Å². The van der Waals surface area contributed by atoms with Crippen molar-refractivity contribution in [3.63, 3.8) is 0 Å². The van der Waals surface area contributed by atoms with E-state index in [1.807, 2.05) is 0 Å². The topological polar surface area (TPSA) is 296 Å². The smallest absolute Gasteiger partial charge is 0.527 e. The molecule has 0 aromatic heterocycles. The van der Waals surface area contributed by atoms with Gasteiger partial charge in [0.05, 0.1) is 60.0 Å². The standard InChI is InChI=1S/C9H28N4O16P4/c1-10(14)30(18,19)26-5-9(6-27-31(20,21)11(2)15,7-28-32(22,23)12(3)16)8-29-33(24,25)13(4)17/h10-13H,5-8H2,1-4H3,(H,18,19)(H,20,21)(H,22,23)(H,24,25). The van der Waals surface area contributed by atoms with Crippen molar-refractivity contribution in [2.45, 2.75) is 0 Å². The highest BCUT2D eigenvalue weighted by Gasteiger charge is 2.45. The van der Waals surface area contributed by atoms with Gasteiger partial charge in [-0.15, -0.1) is 0 Å². The summed E-state index contributed by atoms with van der Waals surface area (Å²) in [5.74, 6) is 0. The molecule has 0 heterocycles. The molecule has 0 aliphatic rings. The Hall–Kier alpha value is 0.280. The van der Waals surface area contributed by atoms with E-state index >= 15 is 0 Å². The first-order valence-corrected chi connectivity index (χ1v) is 14.9. The van der Waals surface area contributed by atoms with Crippen LogP contribution in [0.25, 0.3) is 0 Å². The van der Waals surface area contributed by atoms with Crippen molar-refractivity contribution in [2.24, 2.45) is 5.41 Å². The van der Waals surface area contributed by atoms with Crippen LogP contribution < -0.4 is 19.3 Å². The Morgan fingerprint density at radius 2 is 0.697 bits per heavy atom. The van der Waals surface area contributed by atoms with Crippen LogP contribution in [0.2, 0.25) is 0 Å². The number of hydrogen-bond acceptors (Lipinski definition) is 12. The number of quaternary nitrogens is 4. The normalized spacial score (nSPS) is 25.3. The van der Waals surface area contributed by atoms with Crippen LogP contribution in [-0.4, -0.2) is 74.2 Å². The maximum absolute atomic E-state index is 11.9. The highest BCUT2D eigenvalue weighted by atomic mass is 31.2. The molecule has 8 atom stereocenters. The molecule has 0 saturated heterocycles. The van der Waals surface area contributed by atoms with E-state index < -0.39 is 82.2 Å². The van der Waals surface area contributed by atoms with Crippen LogP contribution in [0.4, 0.5) is 0 Å². The molecule has 0 amide bonds. The second-order valence-electron chi connectivity index (χ2n) is 6.75. The van der Waals surface area contributed by atoms with Gasteiger partial charge in [-0.1, -0.05) is 0 Å². The van der Waals surface area contributed by atoms with E-state index in [1.165, 1.54) is 0 Å². The Balaban J connectivity index is 6.22. The number of nitrogens with one attached hydrogen (secondary N) is 4. The van der Waals surface area contributed by atoms with Gasteiger partial charge in [0, 0.05) is 0 Å². The summed E-state index contributed by atoms with van der Waals surface area (Å²) in [5, 5.41) is 45.1. The average molecular weight is 572 g/mol. The third-order valence-corrected chi connectivity index (χ3v) is 8.87. The van der Waals surface area contributed by atoms with Crippen molar-refractivity contribution < 1.29 is 75.3 Å². The Bertz CT molecular complexity index is 688. The molecule has 0 aliphatic heterocycles. The van der Waals surface area contributed by atoms with Gasteiger partial charge in [0.2, 0.25) is 0 Å². The van der Waals surface area contributed by atoms with Gasteiger partial charge in [-0.25, -0.2) is 18.3 Å². The molecule has 0 bridgehead atoms. The minimum atomic E-state index is -5.01. The van der Waals surface area contributed by atoms with E-state index in [1.54, 1.807) is 0 Å². The van der Waals surface area contributed by atoms with E-state index in [0.717, 1.165) is 0 Å². The highest BCUT2D eigenvalue weighted by molar-refractivity contribution is 7.46. The quantitative estimate of drug-likeness (QED) is 0.0632. The van der Waals surface area contributed by atoms with Gasteiger partial charge in [0.25, 0.3) is 0 Å². The Morgan fingerprint density at radius 1 is 0.545 bits per heavy atom. The van der Waals surface area contributed by atoms with Crippen molar-refractivity contribution >= 4 is 31.0 Å². The SMILES string of the molecule is C[NH+]([O-])P(=O)(O)OCC(COP(=O)(O)[NH+](C)[O-])(COP(=O)(O)[NH+](C)[O-])COP(=O)(O)[NH+](C)[O-]. The van der Waals surface area contributed by atoms with E-state index in [-0.39, 0.29) is 0 Å². The number of hydroxylamine groups is 4. The fraction of sp³-hybridized carbons (Fsp3) is 1.00. The van der Waals surface area contributed by atoms with Gasteiger partial charge >= 0.3 is 31.0 Å². The molecular formula is C9H28N4O16P4. The fourth-order valence-corrected chi connectivity index (χ4v) is 4.03. The molecule has 0 aromatic carbocycles. The van der Waals surface area contributed by atoms with Crippen molar-refractivity contribution in [3.8, 4) is 0 Å². The third kappa shape index (κ3) is 10.8. The van der Waals surface area contributed by atoms with Crippen LogP contribution in [0.3, 0.4) is 0 Å². The van der Waals surface area contributed by atoms with E-state index in [9.17, 15) is 58.7 Å². The molecular weight excluding hydrogens is 544 g/mol. The second-order valence-corrected chi connectivity index (χ2v) is 14.5. The van der Waals surface area contributed by atoms with E-state index in [4.69, 9.17) is 0 Å². The summed E-state index contributed by atoms with van der Waals surface area (Å²) in [6, 6.07) is 0. The van der Waals surface area contributed by atoms with Gasteiger partial charge < -0.3 is 20.8 Å². The average Bonchev–Trinajstić information content (AvgIpc) is 2.66. The first-order valence-electron chi connectivity index (χ1n) is 8.54. The van der Waals surface area contributed by atoms with Crippen LogP contribution >= 0.6 is 31.0 Å². The van der Waals surface area contributed by atoms with Crippen LogP contribution in [0.5, 0.6) is 0 Å². The largest absolute Gasteiger partial charge is 0.628 e. The zero-order chi connectivity index (χ0) is 26.5. The molecule has 0 spiro atoms. The van der Waals surface area contributed by atoms with E-state index in [2.05, 4.69) is 18.1 Å². The maximum Gasteiger partial charge on any atom is 0.527 e. The summed E-state index contributed by atoms with van der Waals surface area (Å²) >= 11 is 0. The minimum absolute atomic E-state index is 0.666. The molecule has 8 unspecified atom stereocenters. The monoisotopic (exact) mass is 572 g/mol. The first kappa shape index (κ1) is 33.3. The molecule has 0 fully saturated rings. The first-order chi connectivity index (χ1) is 14.6. The molecule has 8 N–H and O–H groups in total. The highest BCUT2D eigenvalue weighted by Crippen LogP contribution is 2.43. The molecule has 24 heteroatoms. The number of rotatable bonds is 16. The molecule has 200 valence electrons. The summed E-state index contributed by atoms with van der Waals surface area (Å²) in [7, 11) is -17.4. The zero-order valence-electron chi connectivity index (χ0n) is 17.8. The van der Waals surface area contributed by atoms with Crippen LogP contribution in [0.15, 0.2) is 0 Å². The van der Waals surface area contributed by atoms with E-state index in [0.29, 0.717) is 28.2 Å². The van der Waals surface area contributed by atoms with Crippen LogP contribution in [0, 0.1) is 26.2 Å². The number of hydrogen-bond donors (Lipinski definition) is 8. The summed E-state index contributed by atoms with van der Waals surface area (Å²) in [6.07, 6.45) is 0. The Kier molecular flexibility index (Phi) is 12.6. The zero-order valence-corrected chi connectivity index (χ0v) is 21.4. The summed E-state index contributed by atoms with van der Waals surface area (Å²) in [6.45, 7) is -4.97. The van der Waals surface area contributed by atoms with Gasteiger partial charge in [0.1, 0.15) is 0 Å². The van der Waals surface area contributed by atoms with Gasteiger partial charge in [0.15, 0.2) is 0 Å². The lowest BCUT2D eigenvalue weighted by molar-refractivity contribution is -0.704. The Morgan fingerprint density at radius 3 is 0.818 bits per heavy atom. The predicted molar refractivity (Wildman–Crippen MR) is 107 cm³/mol. The predicted octanol–water partition coefficient (Wildman–Crippen LogP) is -5.51. The van der Waals surface area contributed by atoms with Crippen molar-refractivity contribution in [3.05, 3.63) is 20.8 Å². The lowest BCUT2D eigenvalue weighted by Crippen LogP contribution is -2.99. The molecule has 0 radical (unpaired) electrons. The van der Waals surface area contributed by atoms with Crippen molar-refractivity contribution in [1.82, 2.24) is 0 Å². The van der Waals surface area contributed by atoms with Crippen LogP contribution in [0.1, 0.15) is 0 Å². The van der Waals surface area contributed by atoms with Gasteiger partial charge in [-0.3, -0.25) is 57.0 Å². The van der Waals surface area contributed by atoms with Crippen LogP contribution in [-0.2, 0) is 36.4 Å². The summed E-state index contributed by atoms with van der Waals surface area (Å²) in [5.41, 5.74) is -2.36. The fourth-order valence-electron chi connectivity index (χ4n) is 1.51. The Labute approximate surface area is 187 Å². The minimum Gasteiger partial charge on any atom is -0.628 e. The molecule has 20 nitrogen and oxygen atoms in total. The lowest BCUT2D eigenvalue weighted by atomic mass is 9.93. The summed E-state index contributed by atoms with van der Waals surface area (Å²) in [4.78, 5) is 32.9. The molecule has 0 aliphatic carbocycles. The van der Waals surface area contributed by atoms with Gasteiger partial charge in [-0.2, -0.15) is 0 Å². The second kappa shape index (κ2) is 12.5. The molecule has 0 saturated carbocycles. The van der Waals surface area contributed by atoms with Crippen molar-refractivity contribution in [2.75, 3.05) is 54.6 Å². The van der Waals surface area contributed by atoms with Crippen molar-refractivity contribution in [1.29, 1.82) is 0 Å². The molecule has 33 heavy (non-hydrogen) atoms. The lowest BCUT2D eigenvalue weighted by Gasteiger charge is -2.35. The summed E-state index contributed by atoms with van der Waals surface area (Å²) < 4.78 is 65.8. The third-order valence-electron chi connectivity index (χ3n) is 3.77. The molecule has 0 rings (SSSR count). The maximum atomic E-state index is 11.9.